The molecule has 0 radical (unpaired) electrons. The molecule has 1 atom stereocenters. The van der Waals surface area contributed by atoms with Gasteiger partial charge in [-0.3, -0.25) is 9.69 Å². The maximum Gasteiger partial charge on any atom is 0.248 e. The van der Waals surface area contributed by atoms with Crippen molar-refractivity contribution in [3.8, 4) is 5.75 Å². The summed E-state index contributed by atoms with van der Waals surface area (Å²) in [5.41, 5.74) is 0.946. The van der Waals surface area contributed by atoms with Gasteiger partial charge in [0.15, 0.2) is 5.89 Å². The van der Waals surface area contributed by atoms with Gasteiger partial charge in [0.05, 0.1) is 12.2 Å². The van der Waals surface area contributed by atoms with Crippen molar-refractivity contribution in [1.82, 2.24) is 14.8 Å². The lowest BCUT2D eigenvalue weighted by molar-refractivity contribution is -0.155. The predicted molar refractivity (Wildman–Crippen MR) is 103 cm³/mol. The summed E-state index contributed by atoms with van der Waals surface area (Å²) in [6.07, 6.45) is 3.37. The molecule has 1 aromatic carbocycles. The van der Waals surface area contributed by atoms with Crippen molar-refractivity contribution in [3.63, 3.8) is 0 Å². The van der Waals surface area contributed by atoms with Gasteiger partial charge < -0.3 is 18.8 Å². The van der Waals surface area contributed by atoms with E-state index in [0.29, 0.717) is 24.8 Å². The second-order valence-corrected chi connectivity index (χ2v) is 7.61. The molecule has 7 nitrogen and oxygen atoms in total. The maximum atomic E-state index is 13.0. The zero-order chi connectivity index (χ0) is 20.2. The van der Waals surface area contributed by atoms with Gasteiger partial charge in [0.2, 0.25) is 5.91 Å². The fourth-order valence-corrected chi connectivity index (χ4v) is 3.92. The fraction of sp³-hybridized carbons (Fsp3) is 0.524. The standard InChI is InChI=1S/C21H26FN3O4/c1-15-23-17(12-27-15)10-24-8-6-18(7-9-24)25-11-20(29-14-21(25)26)13-28-19-4-2-16(22)3-5-19/h2-5,12,18,20H,6-11,13-14H2,1H3. The number of morpholine rings is 1. The molecule has 2 aromatic rings. The van der Waals surface area contributed by atoms with Gasteiger partial charge in [0.25, 0.3) is 0 Å². The van der Waals surface area contributed by atoms with E-state index in [-0.39, 0.29) is 30.5 Å². The van der Waals surface area contributed by atoms with E-state index in [1.54, 1.807) is 18.4 Å². The average molecular weight is 403 g/mol. The molecular formula is C21H26FN3O4. The fourth-order valence-electron chi connectivity index (χ4n) is 3.92. The third kappa shape index (κ3) is 5.13. The molecule has 0 spiro atoms. The van der Waals surface area contributed by atoms with Crippen molar-refractivity contribution < 1.29 is 23.1 Å². The van der Waals surface area contributed by atoms with E-state index in [9.17, 15) is 9.18 Å². The van der Waals surface area contributed by atoms with E-state index in [1.165, 1.54) is 12.1 Å². The number of rotatable bonds is 6. The quantitative estimate of drug-likeness (QED) is 0.738. The Morgan fingerprint density at radius 3 is 2.69 bits per heavy atom. The Bertz CT molecular complexity index is 818. The number of aromatic nitrogens is 1. The van der Waals surface area contributed by atoms with Crippen molar-refractivity contribution in [2.75, 3.05) is 32.8 Å². The van der Waals surface area contributed by atoms with Crippen LogP contribution in [0.4, 0.5) is 4.39 Å². The highest BCUT2D eigenvalue weighted by Gasteiger charge is 2.34. The minimum atomic E-state index is -0.298. The third-order valence-electron chi connectivity index (χ3n) is 5.46. The van der Waals surface area contributed by atoms with E-state index in [2.05, 4.69) is 9.88 Å². The molecular weight excluding hydrogens is 377 g/mol. The highest BCUT2D eigenvalue weighted by Crippen LogP contribution is 2.22. The van der Waals surface area contributed by atoms with Gasteiger partial charge in [-0.1, -0.05) is 0 Å². The molecule has 8 heteroatoms. The topological polar surface area (TPSA) is 68.0 Å². The molecule has 0 aliphatic carbocycles. The van der Waals surface area contributed by atoms with Gasteiger partial charge >= 0.3 is 0 Å². The first-order valence-corrected chi connectivity index (χ1v) is 9.99. The van der Waals surface area contributed by atoms with Gasteiger partial charge in [-0.15, -0.1) is 0 Å². The third-order valence-corrected chi connectivity index (χ3v) is 5.46. The predicted octanol–water partition coefficient (Wildman–Crippen LogP) is 2.39. The molecule has 29 heavy (non-hydrogen) atoms. The number of hydrogen-bond donors (Lipinski definition) is 0. The number of oxazole rings is 1. The number of carbonyl (C=O) groups is 1. The van der Waals surface area contributed by atoms with Gasteiger partial charge in [-0.2, -0.15) is 0 Å². The van der Waals surface area contributed by atoms with Crippen LogP contribution >= 0.6 is 0 Å². The normalized spacial score (nSPS) is 21.5. The van der Waals surface area contributed by atoms with Gasteiger partial charge in [-0.25, -0.2) is 9.37 Å². The van der Waals surface area contributed by atoms with E-state index in [4.69, 9.17) is 13.9 Å². The van der Waals surface area contributed by atoms with Crippen LogP contribution in [-0.2, 0) is 16.1 Å². The first-order valence-electron chi connectivity index (χ1n) is 9.99. The smallest absolute Gasteiger partial charge is 0.248 e. The number of benzene rings is 1. The van der Waals surface area contributed by atoms with Crippen LogP contribution in [0.5, 0.6) is 5.75 Å². The minimum absolute atomic E-state index is 0.0357. The van der Waals surface area contributed by atoms with E-state index >= 15 is 0 Å². The van der Waals surface area contributed by atoms with Crippen LogP contribution in [-0.4, -0.2) is 65.7 Å². The lowest BCUT2D eigenvalue weighted by Crippen LogP contribution is -2.55. The number of amides is 1. The molecule has 2 aliphatic rings. The monoisotopic (exact) mass is 403 g/mol. The summed E-state index contributed by atoms with van der Waals surface area (Å²) in [4.78, 5) is 21.1. The number of ether oxygens (including phenoxy) is 2. The number of aryl methyl sites for hydroxylation is 1. The Kier molecular flexibility index (Phi) is 6.10. The molecule has 2 aliphatic heterocycles. The summed E-state index contributed by atoms with van der Waals surface area (Å²) < 4.78 is 29.6. The van der Waals surface area contributed by atoms with Crippen molar-refractivity contribution in [2.24, 2.45) is 0 Å². The number of halogens is 1. The Morgan fingerprint density at radius 2 is 2.00 bits per heavy atom. The van der Waals surface area contributed by atoms with Crippen LogP contribution in [0.15, 0.2) is 34.9 Å². The minimum Gasteiger partial charge on any atom is -0.491 e. The highest BCUT2D eigenvalue weighted by molar-refractivity contribution is 5.78. The molecule has 0 saturated carbocycles. The Labute approximate surface area is 169 Å². The zero-order valence-corrected chi connectivity index (χ0v) is 16.6. The largest absolute Gasteiger partial charge is 0.491 e. The number of nitrogens with zero attached hydrogens (tertiary/aromatic N) is 3. The lowest BCUT2D eigenvalue weighted by atomic mass is 10.0. The summed E-state index contributed by atoms with van der Waals surface area (Å²) in [6, 6.07) is 6.12. The van der Waals surface area contributed by atoms with Crippen LogP contribution in [0.25, 0.3) is 0 Å². The van der Waals surface area contributed by atoms with Gasteiger partial charge in [-0.05, 0) is 37.1 Å². The van der Waals surface area contributed by atoms with E-state index in [1.807, 2.05) is 11.8 Å². The molecule has 0 bridgehead atoms. The van der Waals surface area contributed by atoms with Crippen LogP contribution in [0, 0.1) is 12.7 Å². The summed E-state index contributed by atoms with van der Waals surface area (Å²) >= 11 is 0. The Morgan fingerprint density at radius 1 is 1.24 bits per heavy atom. The van der Waals surface area contributed by atoms with Crippen molar-refractivity contribution in [2.45, 2.75) is 38.5 Å². The zero-order valence-electron chi connectivity index (χ0n) is 16.6. The van der Waals surface area contributed by atoms with Crippen LogP contribution in [0.3, 0.4) is 0 Å². The molecule has 0 N–H and O–H groups in total. The van der Waals surface area contributed by atoms with E-state index in [0.717, 1.165) is 38.2 Å². The molecule has 2 saturated heterocycles. The summed E-state index contributed by atoms with van der Waals surface area (Å²) in [7, 11) is 0. The SMILES string of the molecule is Cc1nc(CN2CCC(N3CC(COc4ccc(F)cc4)OCC3=O)CC2)co1. The molecule has 1 unspecified atom stereocenters. The second kappa shape index (κ2) is 8.92. The number of carbonyl (C=O) groups excluding carboxylic acids is 1. The molecule has 3 heterocycles. The van der Waals surface area contributed by atoms with Crippen LogP contribution in [0.1, 0.15) is 24.4 Å². The van der Waals surface area contributed by atoms with Crippen molar-refractivity contribution in [3.05, 3.63) is 47.9 Å². The number of piperidine rings is 1. The number of likely N-dealkylation sites (tertiary alicyclic amines) is 1. The molecule has 1 aromatic heterocycles. The maximum absolute atomic E-state index is 13.0. The average Bonchev–Trinajstić information content (AvgIpc) is 3.14. The molecule has 156 valence electrons. The Balaban J connectivity index is 1.26. The summed E-state index contributed by atoms with van der Waals surface area (Å²) in [5, 5.41) is 0. The van der Waals surface area contributed by atoms with Crippen molar-refractivity contribution in [1.29, 1.82) is 0 Å². The Hall–Kier alpha value is -2.45. The van der Waals surface area contributed by atoms with Crippen LogP contribution in [0.2, 0.25) is 0 Å². The van der Waals surface area contributed by atoms with Crippen LogP contribution < -0.4 is 4.74 Å². The van der Waals surface area contributed by atoms with Gasteiger partial charge in [0, 0.05) is 32.6 Å². The molecule has 4 rings (SSSR count). The summed E-state index contributed by atoms with van der Waals surface area (Å²) in [6.45, 7) is 5.38. The second-order valence-electron chi connectivity index (χ2n) is 7.61. The van der Waals surface area contributed by atoms with E-state index < -0.39 is 0 Å². The summed E-state index contributed by atoms with van der Waals surface area (Å²) in [5.74, 6) is 1.01. The molecule has 2 fully saturated rings. The molecule has 1 amide bonds. The number of hydrogen-bond acceptors (Lipinski definition) is 6. The first kappa shape index (κ1) is 19.8. The highest BCUT2D eigenvalue weighted by atomic mass is 19.1. The first-order chi connectivity index (χ1) is 14.1. The van der Waals surface area contributed by atoms with Gasteiger partial charge in [0.1, 0.15) is 37.1 Å². The van der Waals surface area contributed by atoms with Crippen molar-refractivity contribution >= 4 is 5.91 Å². The lowest BCUT2D eigenvalue weighted by Gasteiger charge is -2.42.